The summed E-state index contributed by atoms with van der Waals surface area (Å²) in [5, 5.41) is 5.17. The Balaban J connectivity index is 1.85. The predicted octanol–water partition coefficient (Wildman–Crippen LogP) is 3.77. The standard InChI is InChI=1S/C20H18N2O/c1-14(2)6-5-9-18-13-21-19(22-20(18)23)17-11-10-15-7-3-4-8-16(15)12-17/h3-12H,1,13H2,2H3,(H,21,22,23)/b6-5-,18-9+. The molecule has 23 heavy (non-hydrogen) atoms. The van der Waals surface area contributed by atoms with Gasteiger partial charge in [0, 0.05) is 11.1 Å². The molecular formula is C20H18N2O. The van der Waals surface area contributed by atoms with E-state index in [1.807, 2.05) is 49.4 Å². The molecule has 3 heteroatoms. The van der Waals surface area contributed by atoms with Crippen LogP contribution in [0.1, 0.15) is 12.5 Å². The number of amides is 1. The monoisotopic (exact) mass is 302 g/mol. The highest BCUT2D eigenvalue weighted by molar-refractivity contribution is 6.15. The first-order chi connectivity index (χ1) is 11.1. The summed E-state index contributed by atoms with van der Waals surface area (Å²) in [6.45, 7) is 6.08. The van der Waals surface area contributed by atoms with Crippen LogP contribution in [0.15, 0.2) is 83.4 Å². The normalized spacial score (nSPS) is 16.7. The van der Waals surface area contributed by atoms with E-state index < -0.39 is 0 Å². The summed E-state index contributed by atoms with van der Waals surface area (Å²) in [6.07, 6.45) is 5.47. The molecule has 114 valence electrons. The molecule has 1 heterocycles. The van der Waals surface area contributed by atoms with E-state index >= 15 is 0 Å². The van der Waals surface area contributed by atoms with Crippen LogP contribution >= 0.6 is 0 Å². The molecule has 0 fully saturated rings. The van der Waals surface area contributed by atoms with E-state index in [1.54, 1.807) is 6.08 Å². The third-order valence-corrected chi connectivity index (χ3v) is 3.63. The van der Waals surface area contributed by atoms with Crippen LogP contribution in [0.4, 0.5) is 0 Å². The van der Waals surface area contributed by atoms with Gasteiger partial charge in [-0.2, -0.15) is 0 Å². The van der Waals surface area contributed by atoms with Crippen molar-refractivity contribution in [3.63, 3.8) is 0 Å². The average Bonchev–Trinajstić information content (AvgIpc) is 2.55. The smallest absolute Gasteiger partial charge is 0.254 e. The lowest BCUT2D eigenvalue weighted by molar-refractivity contribution is -0.116. The largest absolute Gasteiger partial charge is 0.307 e. The number of carbonyl (C=O) groups is 1. The molecule has 0 saturated heterocycles. The van der Waals surface area contributed by atoms with Crippen LogP contribution in [0.25, 0.3) is 10.8 Å². The van der Waals surface area contributed by atoms with Crippen molar-refractivity contribution >= 4 is 22.5 Å². The van der Waals surface area contributed by atoms with E-state index in [0.717, 1.165) is 16.5 Å². The minimum atomic E-state index is -0.102. The Morgan fingerprint density at radius 1 is 1.22 bits per heavy atom. The van der Waals surface area contributed by atoms with Gasteiger partial charge in [-0.25, -0.2) is 0 Å². The number of hydrogen-bond acceptors (Lipinski definition) is 2. The van der Waals surface area contributed by atoms with Crippen LogP contribution in [-0.4, -0.2) is 18.3 Å². The van der Waals surface area contributed by atoms with Gasteiger partial charge in [-0.05, 0) is 23.8 Å². The topological polar surface area (TPSA) is 41.5 Å². The molecule has 1 amide bonds. The Kier molecular flexibility index (Phi) is 4.20. The fourth-order valence-electron chi connectivity index (χ4n) is 2.42. The molecule has 1 aliphatic heterocycles. The quantitative estimate of drug-likeness (QED) is 0.680. The number of rotatable bonds is 3. The molecule has 0 aliphatic carbocycles. The van der Waals surface area contributed by atoms with Crippen LogP contribution in [0, 0.1) is 0 Å². The van der Waals surface area contributed by atoms with Crippen LogP contribution in [0.5, 0.6) is 0 Å². The van der Waals surface area contributed by atoms with Gasteiger partial charge in [0.25, 0.3) is 5.91 Å². The predicted molar refractivity (Wildman–Crippen MR) is 95.5 cm³/mol. The number of fused-ring (bicyclic) bond motifs is 1. The molecule has 0 unspecified atom stereocenters. The van der Waals surface area contributed by atoms with Crippen molar-refractivity contribution in [3.05, 3.63) is 84.0 Å². The fraction of sp³-hybridized carbons (Fsp3) is 0.100. The van der Waals surface area contributed by atoms with Gasteiger partial charge in [0.05, 0.1) is 6.54 Å². The van der Waals surface area contributed by atoms with Crippen LogP contribution in [-0.2, 0) is 4.79 Å². The van der Waals surface area contributed by atoms with Gasteiger partial charge >= 0.3 is 0 Å². The van der Waals surface area contributed by atoms with Crippen molar-refractivity contribution in [1.29, 1.82) is 0 Å². The molecule has 0 saturated carbocycles. The lowest BCUT2D eigenvalue weighted by Gasteiger charge is -2.16. The molecular weight excluding hydrogens is 284 g/mol. The number of aliphatic imine (C=N–C) groups is 1. The second kappa shape index (κ2) is 6.44. The van der Waals surface area contributed by atoms with Crippen molar-refractivity contribution in [2.45, 2.75) is 6.92 Å². The zero-order valence-electron chi connectivity index (χ0n) is 13.0. The number of hydrogen-bond donors (Lipinski definition) is 1. The first kappa shape index (κ1) is 15.0. The second-order valence-corrected chi connectivity index (χ2v) is 5.58. The molecule has 0 atom stereocenters. The first-order valence-corrected chi connectivity index (χ1v) is 7.51. The number of carbonyl (C=O) groups excluding carboxylic acids is 1. The number of amidine groups is 1. The summed E-state index contributed by atoms with van der Waals surface area (Å²) in [4.78, 5) is 16.7. The van der Waals surface area contributed by atoms with Crippen molar-refractivity contribution in [3.8, 4) is 0 Å². The summed E-state index contributed by atoms with van der Waals surface area (Å²) in [5.41, 5.74) is 2.51. The van der Waals surface area contributed by atoms with E-state index in [1.165, 1.54) is 5.39 Å². The third-order valence-electron chi connectivity index (χ3n) is 3.63. The summed E-state index contributed by atoms with van der Waals surface area (Å²) in [7, 11) is 0. The van der Waals surface area contributed by atoms with Crippen molar-refractivity contribution in [1.82, 2.24) is 5.32 Å². The number of benzene rings is 2. The highest BCUT2D eigenvalue weighted by Crippen LogP contribution is 2.17. The van der Waals surface area contributed by atoms with Crippen LogP contribution in [0.3, 0.4) is 0 Å². The van der Waals surface area contributed by atoms with Gasteiger partial charge < -0.3 is 5.32 Å². The van der Waals surface area contributed by atoms with Crippen LogP contribution in [0.2, 0.25) is 0 Å². The summed E-state index contributed by atoms with van der Waals surface area (Å²) in [5.74, 6) is 0.524. The molecule has 3 nitrogen and oxygen atoms in total. The lowest BCUT2D eigenvalue weighted by atomic mass is 10.1. The van der Waals surface area contributed by atoms with Crippen LogP contribution < -0.4 is 5.32 Å². The Bertz CT molecular complexity index is 872. The van der Waals surface area contributed by atoms with Crippen molar-refractivity contribution < 1.29 is 4.79 Å². The van der Waals surface area contributed by atoms with Gasteiger partial charge in [0.15, 0.2) is 0 Å². The lowest BCUT2D eigenvalue weighted by Crippen LogP contribution is -2.37. The Labute approximate surface area is 135 Å². The van der Waals surface area contributed by atoms with Crippen molar-refractivity contribution in [2.75, 3.05) is 6.54 Å². The second-order valence-electron chi connectivity index (χ2n) is 5.58. The maximum Gasteiger partial charge on any atom is 0.254 e. The fourth-order valence-corrected chi connectivity index (χ4v) is 2.42. The zero-order valence-corrected chi connectivity index (χ0v) is 13.0. The molecule has 0 radical (unpaired) electrons. The van der Waals surface area contributed by atoms with Gasteiger partial charge in [-0.1, -0.05) is 66.8 Å². The van der Waals surface area contributed by atoms with E-state index in [4.69, 9.17) is 0 Å². The Morgan fingerprint density at radius 2 is 2.00 bits per heavy atom. The number of allylic oxidation sites excluding steroid dienone is 4. The summed E-state index contributed by atoms with van der Waals surface area (Å²) < 4.78 is 0. The molecule has 1 N–H and O–H groups in total. The van der Waals surface area contributed by atoms with Gasteiger partial charge in [0.2, 0.25) is 0 Å². The molecule has 1 aliphatic rings. The first-order valence-electron chi connectivity index (χ1n) is 7.51. The molecule has 0 spiro atoms. The van der Waals surface area contributed by atoms with Crippen molar-refractivity contribution in [2.24, 2.45) is 4.99 Å². The summed E-state index contributed by atoms with van der Waals surface area (Å²) >= 11 is 0. The molecule has 2 aromatic carbocycles. The van der Waals surface area contributed by atoms with E-state index in [9.17, 15) is 4.79 Å². The highest BCUT2D eigenvalue weighted by Gasteiger charge is 2.17. The molecule has 0 aromatic heterocycles. The minimum Gasteiger partial charge on any atom is -0.307 e. The number of nitrogens with one attached hydrogen (secondary N) is 1. The molecule has 3 rings (SSSR count). The Morgan fingerprint density at radius 3 is 2.74 bits per heavy atom. The minimum absolute atomic E-state index is 0.102. The van der Waals surface area contributed by atoms with Gasteiger partial charge in [-0.15, -0.1) is 0 Å². The third kappa shape index (κ3) is 3.46. The maximum atomic E-state index is 12.2. The maximum absolute atomic E-state index is 12.2. The summed E-state index contributed by atoms with van der Waals surface area (Å²) in [6, 6.07) is 14.2. The van der Waals surface area contributed by atoms with Gasteiger partial charge in [-0.3, -0.25) is 9.79 Å². The van der Waals surface area contributed by atoms with Gasteiger partial charge in [0.1, 0.15) is 5.84 Å². The SMILES string of the molecule is C=C(C)/C=C\C=C1/CN=C(c2ccc3ccccc3c2)NC1=O. The average molecular weight is 302 g/mol. The molecule has 2 aromatic rings. The number of nitrogens with zero attached hydrogens (tertiary/aromatic N) is 1. The Hall–Kier alpha value is -2.94. The molecule has 0 bridgehead atoms. The van der Waals surface area contributed by atoms with E-state index in [2.05, 4.69) is 29.0 Å². The highest BCUT2D eigenvalue weighted by atomic mass is 16.1. The van der Waals surface area contributed by atoms with E-state index in [-0.39, 0.29) is 5.91 Å². The zero-order chi connectivity index (χ0) is 16.2. The van der Waals surface area contributed by atoms with E-state index in [0.29, 0.717) is 18.0 Å².